The molecule has 0 unspecified atom stereocenters. The van der Waals surface area contributed by atoms with Crippen molar-refractivity contribution in [2.24, 2.45) is 0 Å². The second-order valence-corrected chi connectivity index (χ2v) is 5.29. The van der Waals surface area contributed by atoms with Gasteiger partial charge in [-0.05, 0) is 30.3 Å². The Hall–Kier alpha value is -3.89. The number of hydrogen-bond acceptors (Lipinski definition) is 8. The second kappa shape index (κ2) is 8.20. The maximum Gasteiger partial charge on any atom is 0.387 e. The van der Waals surface area contributed by atoms with Crippen LogP contribution in [0.15, 0.2) is 52.9 Å². The quantitative estimate of drug-likeness (QED) is 0.341. The van der Waals surface area contributed by atoms with E-state index >= 15 is 0 Å². The summed E-state index contributed by atoms with van der Waals surface area (Å²) < 4.78 is 39.0. The van der Waals surface area contributed by atoms with Crippen molar-refractivity contribution in [2.75, 3.05) is 0 Å². The smallest absolute Gasteiger partial charge is 0.387 e. The normalized spacial score (nSPS) is 10.7. The Balaban J connectivity index is 1.62. The number of carbonyl (C=O) groups excluding carboxylic acids is 1. The molecule has 0 atom stereocenters. The molecule has 1 heterocycles. The average molecular weight is 391 g/mol. The lowest BCUT2D eigenvalue weighted by Gasteiger charge is -2.06. The molecular formula is C17H11F2N3O6. The van der Waals surface area contributed by atoms with Crippen LogP contribution in [-0.2, 0) is 11.3 Å². The van der Waals surface area contributed by atoms with Crippen molar-refractivity contribution in [2.45, 2.75) is 13.2 Å². The maximum absolute atomic E-state index is 12.2. The number of rotatable bonds is 7. The van der Waals surface area contributed by atoms with E-state index in [-0.39, 0.29) is 35.4 Å². The first-order valence-electron chi connectivity index (χ1n) is 7.71. The van der Waals surface area contributed by atoms with Crippen LogP contribution in [0, 0.1) is 10.1 Å². The van der Waals surface area contributed by atoms with Gasteiger partial charge in [-0.3, -0.25) is 10.1 Å². The summed E-state index contributed by atoms with van der Waals surface area (Å²) in [5, 5.41) is 18.2. The van der Waals surface area contributed by atoms with Gasteiger partial charge in [-0.2, -0.15) is 8.78 Å². The Kier molecular flexibility index (Phi) is 5.53. The summed E-state index contributed by atoms with van der Waals surface area (Å²) in [5.41, 5.74) is 0.372. The number of non-ortho nitro benzene ring substituents is 1. The van der Waals surface area contributed by atoms with Crippen molar-refractivity contribution in [3.63, 3.8) is 0 Å². The predicted octanol–water partition coefficient (Wildman–Crippen LogP) is 3.60. The molecule has 144 valence electrons. The lowest BCUT2D eigenvalue weighted by molar-refractivity contribution is -0.384. The van der Waals surface area contributed by atoms with E-state index in [1.54, 1.807) is 0 Å². The molecule has 0 aliphatic carbocycles. The monoisotopic (exact) mass is 391 g/mol. The van der Waals surface area contributed by atoms with Crippen LogP contribution in [0.1, 0.15) is 16.2 Å². The molecule has 2 aromatic carbocycles. The molecule has 0 amide bonds. The molecule has 3 rings (SSSR count). The van der Waals surface area contributed by atoms with Gasteiger partial charge < -0.3 is 13.9 Å². The predicted molar refractivity (Wildman–Crippen MR) is 88.6 cm³/mol. The van der Waals surface area contributed by atoms with E-state index < -0.39 is 17.5 Å². The third-order valence-corrected chi connectivity index (χ3v) is 3.41. The van der Waals surface area contributed by atoms with Gasteiger partial charge in [-0.1, -0.05) is 6.07 Å². The number of alkyl halides is 2. The van der Waals surface area contributed by atoms with Crippen molar-refractivity contribution in [3.05, 3.63) is 70.1 Å². The van der Waals surface area contributed by atoms with Crippen LogP contribution >= 0.6 is 0 Å². The minimum atomic E-state index is -3.01. The Morgan fingerprint density at radius 1 is 1.18 bits per heavy atom. The van der Waals surface area contributed by atoms with Crippen molar-refractivity contribution in [3.8, 4) is 17.2 Å². The SMILES string of the molecule is O=C(OCc1nnc(-c2ccc([N+](=O)[O-])cc2)o1)c1cccc(OC(F)F)c1. The molecule has 0 aliphatic rings. The zero-order valence-corrected chi connectivity index (χ0v) is 14.0. The molecule has 3 aromatic rings. The molecule has 0 bridgehead atoms. The van der Waals surface area contributed by atoms with Crippen LogP contribution < -0.4 is 4.74 Å². The van der Waals surface area contributed by atoms with Crippen LogP contribution in [0.25, 0.3) is 11.5 Å². The van der Waals surface area contributed by atoms with Crippen molar-refractivity contribution in [1.29, 1.82) is 0 Å². The van der Waals surface area contributed by atoms with Crippen LogP contribution in [0.3, 0.4) is 0 Å². The average Bonchev–Trinajstić information content (AvgIpc) is 3.15. The van der Waals surface area contributed by atoms with Gasteiger partial charge in [-0.25, -0.2) is 4.79 Å². The molecule has 11 heteroatoms. The Labute approximate surface area is 155 Å². The Morgan fingerprint density at radius 2 is 1.93 bits per heavy atom. The number of hydrogen-bond donors (Lipinski definition) is 0. The van der Waals surface area contributed by atoms with Crippen molar-refractivity contribution in [1.82, 2.24) is 10.2 Å². The number of aromatic nitrogens is 2. The molecule has 0 aliphatic heterocycles. The number of nitrogens with zero attached hydrogens (tertiary/aromatic N) is 3. The van der Waals surface area contributed by atoms with Crippen LogP contribution in [0.5, 0.6) is 5.75 Å². The molecule has 0 fully saturated rings. The second-order valence-electron chi connectivity index (χ2n) is 5.29. The standard InChI is InChI=1S/C17H11F2N3O6/c18-17(19)27-13-3-1-2-11(8-13)16(23)26-9-14-20-21-15(28-14)10-4-6-12(7-5-10)22(24)25/h1-8,17H,9H2. The minimum absolute atomic E-state index is 0.00765. The van der Waals surface area contributed by atoms with Gasteiger partial charge in [-0.15, -0.1) is 10.2 Å². The fourth-order valence-corrected chi connectivity index (χ4v) is 2.16. The number of benzene rings is 2. The molecule has 0 saturated heterocycles. The molecule has 0 saturated carbocycles. The lowest BCUT2D eigenvalue weighted by atomic mass is 10.2. The summed E-state index contributed by atoms with van der Waals surface area (Å²) in [7, 11) is 0. The molecule has 0 N–H and O–H groups in total. The summed E-state index contributed by atoms with van der Waals surface area (Å²) in [4.78, 5) is 22.1. The molecule has 1 aromatic heterocycles. The van der Waals surface area contributed by atoms with E-state index in [4.69, 9.17) is 9.15 Å². The third kappa shape index (κ3) is 4.63. The van der Waals surface area contributed by atoms with Gasteiger partial charge in [0.1, 0.15) is 5.75 Å². The van der Waals surface area contributed by atoms with Gasteiger partial charge in [0.25, 0.3) is 11.6 Å². The first-order chi connectivity index (χ1) is 13.4. The van der Waals surface area contributed by atoms with E-state index in [2.05, 4.69) is 14.9 Å². The highest BCUT2D eigenvalue weighted by Gasteiger charge is 2.15. The van der Waals surface area contributed by atoms with Crippen LogP contribution in [0.4, 0.5) is 14.5 Å². The number of halogens is 2. The number of ether oxygens (including phenoxy) is 2. The van der Waals surface area contributed by atoms with Crippen LogP contribution in [-0.4, -0.2) is 27.7 Å². The fourth-order valence-electron chi connectivity index (χ4n) is 2.16. The summed E-state index contributed by atoms with van der Waals surface area (Å²) in [6.45, 7) is -3.36. The summed E-state index contributed by atoms with van der Waals surface area (Å²) in [5.74, 6) is -0.896. The fraction of sp³-hybridized carbons (Fsp3) is 0.118. The molecule has 0 spiro atoms. The van der Waals surface area contributed by atoms with E-state index in [0.717, 1.165) is 6.07 Å². The van der Waals surface area contributed by atoms with Crippen LogP contribution in [0.2, 0.25) is 0 Å². The highest BCUT2D eigenvalue weighted by atomic mass is 19.3. The molecular weight excluding hydrogens is 380 g/mol. The van der Waals surface area contributed by atoms with E-state index in [0.29, 0.717) is 5.56 Å². The Bertz CT molecular complexity index is 991. The number of nitro benzene ring substituents is 1. The van der Waals surface area contributed by atoms with Gasteiger partial charge >= 0.3 is 12.6 Å². The topological polar surface area (TPSA) is 118 Å². The first-order valence-corrected chi connectivity index (χ1v) is 7.71. The highest BCUT2D eigenvalue weighted by Crippen LogP contribution is 2.22. The highest BCUT2D eigenvalue weighted by molar-refractivity contribution is 5.89. The number of nitro groups is 1. The van der Waals surface area contributed by atoms with E-state index in [9.17, 15) is 23.7 Å². The zero-order valence-electron chi connectivity index (χ0n) is 14.0. The van der Waals surface area contributed by atoms with Crippen molar-refractivity contribution < 1.29 is 32.4 Å². The minimum Gasteiger partial charge on any atom is -0.452 e. The largest absolute Gasteiger partial charge is 0.452 e. The van der Waals surface area contributed by atoms with Gasteiger partial charge in [0, 0.05) is 17.7 Å². The third-order valence-electron chi connectivity index (χ3n) is 3.41. The van der Waals surface area contributed by atoms with Gasteiger partial charge in [0.15, 0.2) is 6.61 Å². The lowest BCUT2D eigenvalue weighted by Crippen LogP contribution is -2.07. The summed E-state index contributed by atoms with van der Waals surface area (Å²) in [6.07, 6.45) is 0. The van der Waals surface area contributed by atoms with E-state index in [1.807, 2.05) is 0 Å². The maximum atomic E-state index is 12.2. The summed E-state index contributed by atoms with van der Waals surface area (Å²) in [6, 6.07) is 10.6. The first kappa shape index (κ1) is 18.9. The Morgan fingerprint density at radius 3 is 2.61 bits per heavy atom. The summed E-state index contributed by atoms with van der Waals surface area (Å²) >= 11 is 0. The molecule has 9 nitrogen and oxygen atoms in total. The molecule has 28 heavy (non-hydrogen) atoms. The van der Waals surface area contributed by atoms with Gasteiger partial charge in [0.05, 0.1) is 10.5 Å². The van der Waals surface area contributed by atoms with E-state index in [1.165, 1.54) is 42.5 Å². The number of carbonyl (C=O) groups is 1. The van der Waals surface area contributed by atoms with Gasteiger partial charge in [0.2, 0.25) is 5.89 Å². The zero-order chi connectivity index (χ0) is 20.1. The number of esters is 1. The van der Waals surface area contributed by atoms with Crippen molar-refractivity contribution >= 4 is 11.7 Å². The molecule has 0 radical (unpaired) electrons.